The Morgan fingerprint density at radius 2 is 1.10 bits per heavy atom. The lowest BCUT2D eigenvalue weighted by atomic mass is 9.91. The summed E-state index contributed by atoms with van der Waals surface area (Å²) in [6.07, 6.45) is 18.8. The van der Waals surface area contributed by atoms with Crippen molar-refractivity contribution in [2.75, 3.05) is 90.0 Å². The van der Waals surface area contributed by atoms with Crippen LogP contribution in [-0.4, -0.2) is 160 Å². The molecule has 1 N–H and O–H groups in total. The Kier molecular flexibility index (Phi) is 29.1. The van der Waals surface area contributed by atoms with Crippen LogP contribution in [0.3, 0.4) is 0 Å². The maximum absolute atomic E-state index is 12.8. The molecule has 8 rings (SSSR count). The average Bonchev–Trinajstić information content (AvgIpc) is 3.63. The van der Waals surface area contributed by atoms with Crippen molar-refractivity contribution in [3.05, 3.63) is 53.5 Å². The summed E-state index contributed by atoms with van der Waals surface area (Å²) >= 11 is 12.7. The fourth-order valence-corrected chi connectivity index (χ4v) is 7.70. The van der Waals surface area contributed by atoms with E-state index in [4.69, 9.17) is 19.3 Å². The number of carbonyl (C=O) groups excluding carboxylic acids is 2. The van der Waals surface area contributed by atoms with Gasteiger partial charge in [0.2, 0.25) is 5.88 Å². The van der Waals surface area contributed by atoms with Crippen molar-refractivity contribution in [1.29, 1.82) is 0 Å². The Hall–Kier alpha value is 0.110. The molecule has 12 nitrogen and oxygen atoms in total. The van der Waals surface area contributed by atoms with Crippen LogP contribution in [0.25, 0.3) is 0 Å². The highest BCUT2D eigenvalue weighted by Gasteiger charge is 2.29. The molecule has 0 atom stereocenters. The summed E-state index contributed by atoms with van der Waals surface area (Å²) in [5, 5.41) is 8.83. The Morgan fingerprint density at radius 3 is 1.45 bits per heavy atom. The van der Waals surface area contributed by atoms with Crippen molar-refractivity contribution < 1.29 is 28.9 Å². The molecular weight excluding hydrogens is 1260 g/mol. The number of hydrogen-bond donors (Lipinski definition) is 2. The summed E-state index contributed by atoms with van der Waals surface area (Å²) in [6, 6.07) is 9.00. The summed E-state index contributed by atoms with van der Waals surface area (Å²) in [7, 11) is 0. The molecule has 352 valence electrons. The van der Waals surface area contributed by atoms with Crippen LogP contribution >= 0.6 is 103 Å². The van der Waals surface area contributed by atoms with E-state index in [1.165, 1.54) is 38.5 Å². The van der Waals surface area contributed by atoms with Gasteiger partial charge in [0.15, 0.2) is 0 Å². The second kappa shape index (κ2) is 32.0. The van der Waals surface area contributed by atoms with Gasteiger partial charge in [0.25, 0.3) is 11.8 Å². The van der Waals surface area contributed by atoms with Crippen molar-refractivity contribution in [3.63, 3.8) is 0 Å². The van der Waals surface area contributed by atoms with Gasteiger partial charge in [-0.3, -0.25) is 24.4 Å². The third-order valence-electron chi connectivity index (χ3n) is 11.6. The quantitative estimate of drug-likeness (QED) is 0.165. The van der Waals surface area contributed by atoms with Crippen LogP contribution in [0.4, 0.5) is 0 Å². The number of hydrogen-bond acceptors (Lipinski definition) is 11. The molecule has 0 bridgehead atoms. The molecular formula is C45H72I4N6O6S. The van der Waals surface area contributed by atoms with Crippen LogP contribution in [0.15, 0.2) is 36.7 Å². The Morgan fingerprint density at radius 1 is 0.661 bits per heavy atom. The first-order chi connectivity index (χ1) is 29.9. The largest absolute Gasteiger partial charge is 0.474 e. The molecule has 2 aliphatic carbocycles. The second-order valence-electron chi connectivity index (χ2n) is 16.2. The zero-order valence-electron chi connectivity index (χ0n) is 37.4. The van der Waals surface area contributed by atoms with E-state index in [2.05, 4.69) is 130 Å². The predicted octanol–water partition coefficient (Wildman–Crippen LogP) is 9.15. The number of aliphatic hydroxyl groups is 1. The van der Waals surface area contributed by atoms with Crippen molar-refractivity contribution in [1.82, 2.24) is 29.6 Å². The molecule has 6 aliphatic rings. The third-order valence-corrected chi connectivity index (χ3v) is 11.6. The number of rotatable bonds is 6. The molecule has 0 radical (unpaired) electrons. The minimum Gasteiger partial charge on any atom is -0.474 e. The van der Waals surface area contributed by atoms with Crippen LogP contribution in [-0.2, 0) is 9.47 Å². The highest BCUT2D eigenvalue weighted by Crippen LogP contribution is 2.33. The highest BCUT2D eigenvalue weighted by molar-refractivity contribution is 14.3. The normalized spacial score (nSPS) is 20.7. The standard InChI is InChI=1S/C20H29N3O3.C16H23N3O.C5H10O2.C2H3I3.CH3I.CH4S/c24-20(23-10-2-9-22(11-12-23)17-3-1-4-17)16-5-6-19(21-15-16)26-18-7-13-25-14-8-18;1-13-6-7-14(12-17-13)16(20)19-9-3-8-18(10-11-19)15-4-2-5-15;6-5-1-3-7-4-2-5;1-2(3,4)5;2*1-2/h5-6,15,17-18H,1-4,7-14H2;6-7,12,15H,2-5,8-11H2,1H3;5-6H,1-4H2;1H3;1H3;2H,1H3. The predicted molar refractivity (Wildman–Crippen MR) is 289 cm³/mol. The molecule has 2 aromatic heterocycles. The summed E-state index contributed by atoms with van der Waals surface area (Å²) in [4.78, 5) is 45.0. The van der Waals surface area contributed by atoms with Crippen LogP contribution in [0, 0.1) is 6.92 Å². The van der Waals surface area contributed by atoms with Crippen molar-refractivity contribution in [2.24, 2.45) is 0 Å². The van der Waals surface area contributed by atoms with E-state index in [0.717, 1.165) is 135 Å². The van der Waals surface area contributed by atoms with Gasteiger partial charge >= 0.3 is 0 Å². The number of aryl methyl sites for hydroxylation is 1. The number of amides is 2. The zero-order valence-corrected chi connectivity index (χ0v) is 46.9. The van der Waals surface area contributed by atoms with E-state index < -0.39 is 0 Å². The molecule has 4 aliphatic heterocycles. The highest BCUT2D eigenvalue weighted by atomic mass is 127. The fourth-order valence-electron chi connectivity index (χ4n) is 7.70. The minimum absolute atomic E-state index is 0.0885. The molecule has 0 aromatic carbocycles. The fraction of sp³-hybridized carbons (Fsp3) is 0.733. The van der Waals surface area contributed by atoms with Gasteiger partial charge in [-0.2, -0.15) is 12.6 Å². The smallest absolute Gasteiger partial charge is 0.255 e. The number of alkyl halides is 4. The Labute approximate surface area is 432 Å². The maximum Gasteiger partial charge on any atom is 0.255 e. The molecule has 17 heteroatoms. The molecule has 2 saturated carbocycles. The first kappa shape index (κ1) is 56.4. The summed E-state index contributed by atoms with van der Waals surface area (Å²) in [5.74, 6) is 0.819. The molecule has 6 heterocycles. The van der Waals surface area contributed by atoms with Gasteiger partial charge < -0.3 is 29.1 Å². The van der Waals surface area contributed by atoms with E-state index in [1.807, 2.05) is 45.9 Å². The number of ether oxygens (including phenoxy) is 3. The van der Waals surface area contributed by atoms with Gasteiger partial charge in [-0.05, 0) is 94.6 Å². The number of thiol groups is 1. The second-order valence-corrected chi connectivity index (χ2v) is 28.8. The SMILES string of the molecule is CC(I)(I)I.CI.CS.Cc1ccc(C(=O)N2CCCN(C3CCC3)CC2)cn1.O=C(c1ccc(OC2CCOCC2)nc1)N1CCCN(C2CCC2)CC1.OC1CCOCC1. The Bertz CT molecular complexity index is 1510. The third kappa shape index (κ3) is 21.8. The number of halogens is 4. The van der Waals surface area contributed by atoms with Crippen LogP contribution in [0.5, 0.6) is 5.88 Å². The van der Waals surface area contributed by atoms with Crippen LogP contribution < -0.4 is 4.74 Å². The first-order valence-corrected chi connectivity index (χ1v) is 28.6. The van der Waals surface area contributed by atoms with Crippen LogP contribution in [0.1, 0.15) is 110 Å². The molecule has 62 heavy (non-hydrogen) atoms. The average molecular weight is 1330 g/mol. The summed E-state index contributed by atoms with van der Waals surface area (Å²) in [5.41, 5.74) is 2.32. The zero-order chi connectivity index (χ0) is 45.3. The van der Waals surface area contributed by atoms with Crippen molar-refractivity contribution >= 4 is 115 Å². The van der Waals surface area contributed by atoms with Gasteiger partial charge in [0, 0.05) is 115 Å². The molecule has 2 aromatic rings. The summed E-state index contributed by atoms with van der Waals surface area (Å²) < 4.78 is 16.6. The van der Waals surface area contributed by atoms with Gasteiger partial charge in [-0.25, -0.2) is 4.98 Å². The van der Waals surface area contributed by atoms with E-state index in [-0.39, 0.29) is 24.0 Å². The molecule has 6 fully saturated rings. The van der Waals surface area contributed by atoms with Gasteiger partial charge in [-0.15, -0.1) is 0 Å². The number of nitrogens with zero attached hydrogens (tertiary/aromatic N) is 6. The van der Waals surface area contributed by atoms with E-state index >= 15 is 0 Å². The van der Waals surface area contributed by atoms with Gasteiger partial charge in [0.05, 0.1) is 30.4 Å². The topological polar surface area (TPSA) is 121 Å². The van der Waals surface area contributed by atoms with Crippen LogP contribution in [0.2, 0.25) is 0 Å². The molecule has 4 saturated heterocycles. The minimum atomic E-state index is -0.0891. The first-order valence-electron chi connectivity index (χ1n) is 22.3. The number of pyridine rings is 2. The lowest BCUT2D eigenvalue weighted by molar-refractivity contribution is 0.0140. The number of aliphatic hydroxyl groups excluding tert-OH is 1. The number of aromatic nitrogens is 2. The van der Waals surface area contributed by atoms with E-state index in [1.54, 1.807) is 18.6 Å². The lowest BCUT2D eigenvalue weighted by Gasteiger charge is -2.36. The molecule has 2 amide bonds. The summed E-state index contributed by atoms with van der Waals surface area (Å²) in [6.45, 7) is 14.7. The monoisotopic (exact) mass is 1330 g/mol. The Balaban J connectivity index is 0.000000250. The van der Waals surface area contributed by atoms with E-state index in [0.29, 0.717) is 16.4 Å². The van der Waals surface area contributed by atoms with Gasteiger partial charge in [-0.1, -0.05) is 103 Å². The maximum atomic E-state index is 12.8. The number of carbonyl (C=O) groups is 2. The molecule has 0 spiro atoms. The van der Waals surface area contributed by atoms with Gasteiger partial charge in [0.1, 0.15) is 5.54 Å². The van der Waals surface area contributed by atoms with Crippen molar-refractivity contribution in [2.45, 2.75) is 115 Å². The lowest BCUT2D eigenvalue weighted by Crippen LogP contribution is -2.42. The molecule has 0 unspecified atom stereocenters. The van der Waals surface area contributed by atoms with Crippen molar-refractivity contribution in [3.8, 4) is 5.88 Å². The van der Waals surface area contributed by atoms with E-state index in [9.17, 15) is 9.59 Å².